The second-order valence-electron chi connectivity index (χ2n) is 5.67. The van der Waals surface area contributed by atoms with E-state index in [4.69, 9.17) is 0 Å². The standard InChI is InChI=1S/C19H16Br2N4O/c1-13(15-4-8-17(21)9-5-15)22-23-19(26)18-10-11-25(24-18)12-14-2-6-16(20)7-3-14/h2-11H,12H2,1H3,(H,23,26). The van der Waals surface area contributed by atoms with Crippen LogP contribution < -0.4 is 5.43 Å². The highest BCUT2D eigenvalue weighted by Crippen LogP contribution is 2.12. The molecular weight excluding hydrogens is 460 g/mol. The Morgan fingerprint density at radius 1 is 1.04 bits per heavy atom. The number of halogens is 2. The zero-order valence-corrected chi connectivity index (χ0v) is 17.2. The second-order valence-corrected chi connectivity index (χ2v) is 7.50. The molecule has 7 heteroatoms. The van der Waals surface area contributed by atoms with Gasteiger partial charge < -0.3 is 0 Å². The summed E-state index contributed by atoms with van der Waals surface area (Å²) >= 11 is 6.81. The van der Waals surface area contributed by atoms with Crippen LogP contribution in [0.15, 0.2) is 74.8 Å². The molecule has 0 aliphatic rings. The fourth-order valence-corrected chi connectivity index (χ4v) is 2.82. The molecule has 0 aliphatic heterocycles. The molecular formula is C19H16Br2N4O. The Hall–Kier alpha value is -2.25. The van der Waals surface area contributed by atoms with Gasteiger partial charge in [-0.15, -0.1) is 0 Å². The molecule has 0 atom stereocenters. The Kier molecular flexibility index (Phi) is 6.00. The number of nitrogens with zero attached hydrogens (tertiary/aromatic N) is 3. The molecule has 1 aromatic heterocycles. The third-order valence-electron chi connectivity index (χ3n) is 3.72. The van der Waals surface area contributed by atoms with Gasteiger partial charge in [-0.3, -0.25) is 9.48 Å². The van der Waals surface area contributed by atoms with Gasteiger partial charge in [-0.2, -0.15) is 10.2 Å². The van der Waals surface area contributed by atoms with Crippen LogP contribution in [0.2, 0.25) is 0 Å². The van der Waals surface area contributed by atoms with Gasteiger partial charge in [0.05, 0.1) is 12.3 Å². The molecule has 0 saturated heterocycles. The van der Waals surface area contributed by atoms with Gasteiger partial charge in [0.1, 0.15) is 0 Å². The third-order valence-corrected chi connectivity index (χ3v) is 4.78. The summed E-state index contributed by atoms with van der Waals surface area (Å²) in [6.07, 6.45) is 1.78. The predicted molar refractivity (Wildman–Crippen MR) is 109 cm³/mol. The van der Waals surface area contributed by atoms with Crippen LogP contribution in [-0.2, 0) is 6.54 Å². The minimum Gasteiger partial charge on any atom is -0.268 e. The van der Waals surface area contributed by atoms with Crippen LogP contribution in [0.25, 0.3) is 0 Å². The quantitative estimate of drug-likeness (QED) is 0.432. The average Bonchev–Trinajstić information content (AvgIpc) is 3.10. The van der Waals surface area contributed by atoms with Crippen molar-refractivity contribution < 1.29 is 4.79 Å². The molecule has 26 heavy (non-hydrogen) atoms. The van der Waals surface area contributed by atoms with Crippen molar-refractivity contribution in [2.75, 3.05) is 0 Å². The van der Waals surface area contributed by atoms with Crippen molar-refractivity contribution in [3.8, 4) is 0 Å². The van der Waals surface area contributed by atoms with Gasteiger partial charge in [-0.1, -0.05) is 56.1 Å². The Labute approximate surface area is 168 Å². The van der Waals surface area contributed by atoms with Crippen molar-refractivity contribution in [3.63, 3.8) is 0 Å². The molecule has 1 N–H and O–H groups in total. The molecule has 2 aromatic carbocycles. The van der Waals surface area contributed by atoms with Gasteiger partial charge in [0.15, 0.2) is 5.69 Å². The molecule has 132 valence electrons. The van der Waals surface area contributed by atoms with Crippen LogP contribution in [0.5, 0.6) is 0 Å². The average molecular weight is 476 g/mol. The summed E-state index contributed by atoms with van der Waals surface area (Å²) < 4.78 is 3.75. The van der Waals surface area contributed by atoms with Crippen LogP contribution in [-0.4, -0.2) is 21.4 Å². The van der Waals surface area contributed by atoms with Crippen LogP contribution in [0, 0.1) is 0 Å². The topological polar surface area (TPSA) is 59.3 Å². The number of benzene rings is 2. The monoisotopic (exact) mass is 474 g/mol. The van der Waals surface area contributed by atoms with E-state index in [-0.39, 0.29) is 5.91 Å². The fraction of sp³-hybridized carbons (Fsp3) is 0.105. The number of carbonyl (C=O) groups is 1. The summed E-state index contributed by atoms with van der Waals surface area (Å²) in [6, 6.07) is 17.4. The van der Waals surface area contributed by atoms with Crippen LogP contribution in [0.3, 0.4) is 0 Å². The minimum absolute atomic E-state index is 0.328. The summed E-state index contributed by atoms with van der Waals surface area (Å²) in [4.78, 5) is 12.2. The molecule has 3 rings (SSSR count). The van der Waals surface area contributed by atoms with Gasteiger partial charge in [-0.05, 0) is 48.4 Å². The molecule has 3 aromatic rings. The predicted octanol–water partition coefficient (Wildman–Crippen LogP) is 4.61. The molecule has 1 amide bonds. The van der Waals surface area contributed by atoms with E-state index < -0.39 is 0 Å². The van der Waals surface area contributed by atoms with Crippen LogP contribution in [0.1, 0.15) is 28.5 Å². The number of hydrazone groups is 1. The van der Waals surface area contributed by atoms with Crippen molar-refractivity contribution in [1.29, 1.82) is 0 Å². The van der Waals surface area contributed by atoms with Crippen molar-refractivity contribution >= 4 is 43.5 Å². The molecule has 0 saturated carbocycles. The van der Waals surface area contributed by atoms with E-state index >= 15 is 0 Å². The second kappa shape index (κ2) is 8.42. The first kappa shape index (κ1) is 18.5. The van der Waals surface area contributed by atoms with E-state index in [2.05, 4.69) is 47.5 Å². The molecule has 0 radical (unpaired) electrons. The van der Waals surface area contributed by atoms with Crippen molar-refractivity contribution in [2.24, 2.45) is 5.10 Å². The normalized spacial score (nSPS) is 11.4. The lowest BCUT2D eigenvalue weighted by molar-refractivity contribution is 0.0949. The lowest BCUT2D eigenvalue weighted by Crippen LogP contribution is -2.20. The van der Waals surface area contributed by atoms with E-state index in [1.54, 1.807) is 16.9 Å². The smallest absolute Gasteiger partial charge is 0.268 e. The van der Waals surface area contributed by atoms with E-state index in [0.29, 0.717) is 12.2 Å². The Morgan fingerprint density at radius 3 is 2.31 bits per heavy atom. The first-order chi connectivity index (χ1) is 12.5. The Bertz CT molecular complexity index is 931. The van der Waals surface area contributed by atoms with Gasteiger partial charge in [0.25, 0.3) is 5.91 Å². The van der Waals surface area contributed by atoms with Crippen LogP contribution in [0.4, 0.5) is 0 Å². The highest BCUT2D eigenvalue weighted by atomic mass is 79.9. The maximum atomic E-state index is 12.2. The van der Waals surface area contributed by atoms with Gasteiger partial charge in [0.2, 0.25) is 0 Å². The number of amides is 1. The number of hydrogen-bond donors (Lipinski definition) is 1. The lowest BCUT2D eigenvalue weighted by Gasteiger charge is -2.03. The first-order valence-corrected chi connectivity index (χ1v) is 9.48. The van der Waals surface area contributed by atoms with Crippen molar-refractivity contribution in [3.05, 3.63) is 86.6 Å². The summed E-state index contributed by atoms with van der Waals surface area (Å²) in [6.45, 7) is 2.44. The highest BCUT2D eigenvalue weighted by Gasteiger charge is 2.09. The summed E-state index contributed by atoms with van der Waals surface area (Å²) in [5, 5.41) is 8.46. The minimum atomic E-state index is -0.337. The Morgan fingerprint density at radius 2 is 1.65 bits per heavy atom. The van der Waals surface area contributed by atoms with Crippen molar-refractivity contribution in [1.82, 2.24) is 15.2 Å². The fourth-order valence-electron chi connectivity index (χ4n) is 2.30. The first-order valence-electron chi connectivity index (χ1n) is 7.90. The van der Waals surface area contributed by atoms with Crippen molar-refractivity contribution in [2.45, 2.75) is 13.5 Å². The Balaban J connectivity index is 1.63. The van der Waals surface area contributed by atoms with E-state index in [1.807, 2.05) is 55.5 Å². The number of nitrogens with one attached hydrogen (secondary N) is 1. The maximum absolute atomic E-state index is 12.2. The zero-order chi connectivity index (χ0) is 18.5. The molecule has 0 bridgehead atoms. The van der Waals surface area contributed by atoms with E-state index in [1.165, 1.54) is 0 Å². The largest absolute Gasteiger partial charge is 0.291 e. The number of carbonyl (C=O) groups excluding carboxylic acids is 1. The van der Waals surface area contributed by atoms with Gasteiger partial charge in [-0.25, -0.2) is 5.43 Å². The zero-order valence-electron chi connectivity index (χ0n) is 14.0. The number of hydrogen-bond acceptors (Lipinski definition) is 3. The summed E-state index contributed by atoms with van der Waals surface area (Å²) in [5.41, 5.74) is 5.65. The number of aromatic nitrogens is 2. The molecule has 1 heterocycles. The number of rotatable bonds is 5. The molecule has 5 nitrogen and oxygen atoms in total. The SMILES string of the molecule is CC(=NNC(=O)c1ccn(Cc2ccc(Br)cc2)n1)c1ccc(Br)cc1. The van der Waals surface area contributed by atoms with E-state index in [0.717, 1.165) is 25.8 Å². The lowest BCUT2D eigenvalue weighted by atomic mass is 10.1. The van der Waals surface area contributed by atoms with Gasteiger partial charge in [0, 0.05) is 15.1 Å². The van der Waals surface area contributed by atoms with E-state index in [9.17, 15) is 4.79 Å². The maximum Gasteiger partial charge on any atom is 0.291 e. The summed E-state index contributed by atoms with van der Waals surface area (Å²) in [5.74, 6) is -0.337. The molecule has 0 aliphatic carbocycles. The highest BCUT2D eigenvalue weighted by molar-refractivity contribution is 9.10. The summed E-state index contributed by atoms with van der Waals surface area (Å²) in [7, 11) is 0. The molecule has 0 spiro atoms. The van der Waals surface area contributed by atoms with Gasteiger partial charge >= 0.3 is 0 Å². The van der Waals surface area contributed by atoms with Crippen LogP contribution >= 0.6 is 31.9 Å². The molecule has 0 unspecified atom stereocenters. The molecule has 0 fully saturated rings. The third kappa shape index (κ3) is 4.89.